The van der Waals surface area contributed by atoms with Gasteiger partial charge in [-0.15, -0.1) is 0 Å². The Morgan fingerprint density at radius 1 is 0.795 bits per heavy atom. The Hall–Kier alpha value is -1.44. The number of carbonyl (C=O) groups is 6. The van der Waals surface area contributed by atoms with Crippen molar-refractivity contribution in [2.45, 2.75) is 175 Å². The van der Waals surface area contributed by atoms with Crippen LogP contribution in [0.4, 0.5) is 5.69 Å². The quantitative estimate of drug-likeness (QED) is 0.0478. The third kappa shape index (κ3) is 27.6. The van der Waals surface area contributed by atoms with Crippen molar-refractivity contribution in [3.8, 4) is 0 Å². The van der Waals surface area contributed by atoms with Gasteiger partial charge in [0.1, 0.15) is 13.4 Å². The molecule has 0 aromatic heterocycles. The van der Waals surface area contributed by atoms with Crippen molar-refractivity contribution >= 4 is 51.7 Å². The fourth-order valence-electron chi connectivity index (χ4n) is 9.72. The topological polar surface area (TPSA) is 188 Å². The van der Waals surface area contributed by atoms with Crippen LogP contribution >= 0.6 is 7.60 Å². The molecule has 5 fully saturated rings. The third-order valence-electron chi connectivity index (χ3n) is 14.3. The van der Waals surface area contributed by atoms with E-state index in [2.05, 4.69) is 37.5 Å². The number of unbranched alkanes of at least 4 members (excludes halogenated alkanes) is 3. The number of carbonyl (C=O) groups excluding carboxylic acids is 6. The molecular formula is C54H79Fe2HeHfHgN3O10P-2. The molecule has 1 saturated heterocycles. The minimum Gasteiger partial charge on any atom is -0.779 e. The van der Waals surface area contributed by atoms with Gasteiger partial charge in [-0.1, -0.05) is 115 Å². The van der Waals surface area contributed by atoms with Gasteiger partial charge in [0.25, 0.3) is 5.91 Å². The van der Waals surface area contributed by atoms with Crippen LogP contribution in [0.1, 0.15) is 195 Å². The normalized spacial score (nSPS) is 20.9. The summed E-state index contributed by atoms with van der Waals surface area (Å²) in [7, 11) is -3.62. The van der Waals surface area contributed by atoms with Crippen molar-refractivity contribution in [2.75, 3.05) is 25.1 Å². The molecule has 4 saturated carbocycles. The molecule has 401 valence electrons. The number of nitrogens with zero attached hydrogens (tertiary/aromatic N) is 1. The maximum absolute atomic E-state index is 12.4. The van der Waals surface area contributed by atoms with Crippen LogP contribution in [0.5, 0.6) is 0 Å². The van der Waals surface area contributed by atoms with Gasteiger partial charge in [-0.2, -0.15) is 0 Å². The molecule has 4 amide bonds. The monoisotopic (exact) mass is 1460 g/mol. The number of ketones is 1. The summed E-state index contributed by atoms with van der Waals surface area (Å²) in [4.78, 5) is 88.8. The number of nitrogens with one attached hydrogen (secondary N) is 2. The Bertz CT molecular complexity index is 2030. The molecule has 5 atom stereocenters. The first-order valence-electron chi connectivity index (χ1n) is 26.0. The molecule has 0 spiro atoms. The molecule has 0 radical (unpaired) electrons. The molecule has 2 aromatic carbocycles. The molecule has 0 bridgehead atoms. The molecule has 1 heterocycles. The van der Waals surface area contributed by atoms with Crippen LogP contribution in [0.25, 0.3) is 0 Å². The van der Waals surface area contributed by atoms with Crippen molar-refractivity contribution in [1.29, 1.82) is 0 Å². The summed E-state index contributed by atoms with van der Waals surface area (Å²) in [5.41, 5.74) is 2.35. The smallest absolute Gasteiger partial charge is 0.251 e. The average molecular weight is 1460 g/mol. The standard InChI is InChI=1S/C22H34NO5P.C21H24N2O5.C6H12.C5H10.2Fe.He.Hf.Hg/c1-29(26,27)28-15-7-3-2-6-14-23-22(25)20-12-10-19(11-13-20)17-21(24)16-18-8-4-5-9-18;1-12-4-5-16(14(12)3)11-18(24)22-17-8-6-15(7-9-17)21(27)28-23-19(25)10-13(2)20(23)26;1-6-4-2-3-5-6;1-2-4-5-3-1;;;;;/h10-13,18H,2-9,14-17H2,1H3,(H,23,25)(H,26,27);6,8,12-14,16H,4-5,10-11H2,1-3H3,(H,22,24);6H,2-5H2,1H3;1-5H2;;;;;/q;-1;;;;;;;/p-1. The largest absolute Gasteiger partial charge is 0.779 e. The SMILES string of the molecule is C1CCCC1.CC1CC(=O)N(OC(=O)c2ccc(NC(=O)CC3CCC(C)C3C)[c-][c]2[Hg])C1=O.CC1CCCC1.CP(=O)([O-])OCCCCCCNC(=O)c1ccc(CC(=O)CC2CCCC2)cc1.[Fe].[Fe].[He].[Hf]. The number of amides is 4. The van der Waals surface area contributed by atoms with Gasteiger partial charge in [-0.05, 0) is 42.4 Å². The van der Waals surface area contributed by atoms with E-state index in [1.807, 2.05) is 12.1 Å². The van der Waals surface area contributed by atoms with E-state index >= 15 is 0 Å². The van der Waals surface area contributed by atoms with Gasteiger partial charge in [-0.3, -0.25) is 9.59 Å². The van der Waals surface area contributed by atoms with Crippen LogP contribution in [0.3, 0.4) is 0 Å². The second kappa shape index (κ2) is 38.2. The van der Waals surface area contributed by atoms with Crippen LogP contribution in [-0.2, 0) is 126 Å². The maximum Gasteiger partial charge on any atom is 0.251 e. The Morgan fingerprint density at radius 3 is 1.89 bits per heavy atom. The molecule has 2 aromatic rings. The fraction of sp³-hybridized carbons (Fsp3) is 0.667. The molecule has 73 heavy (non-hydrogen) atoms. The summed E-state index contributed by atoms with van der Waals surface area (Å²) in [5, 5.41) is 6.32. The second-order valence-electron chi connectivity index (χ2n) is 20.4. The summed E-state index contributed by atoms with van der Waals surface area (Å²) in [6, 6.07) is 13.5. The van der Waals surface area contributed by atoms with E-state index in [0.29, 0.717) is 75.3 Å². The molecule has 2 N–H and O–H groups in total. The van der Waals surface area contributed by atoms with Gasteiger partial charge in [0.2, 0.25) is 0 Å². The average Bonchev–Trinajstić information content (AvgIpc) is 4.18. The Morgan fingerprint density at radius 2 is 1.38 bits per heavy atom. The number of hydroxylamine groups is 2. The van der Waals surface area contributed by atoms with E-state index in [9.17, 15) is 38.2 Å². The first-order valence-corrected chi connectivity index (χ1v) is 30.7. The van der Waals surface area contributed by atoms with Gasteiger partial charge < -0.3 is 19.3 Å². The molecule has 7 rings (SSSR count). The summed E-state index contributed by atoms with van der Waals surface area (Å²) in [6.07, 6.45) is 25.5. The van der Waals surface area contributed by atoms with Crippen LogP contribution < -0.4 is 18.6 Å². The maximum atomic E-state index is 12.4. The predicted molar refractivity (Wildman–Crippen MR) is 263 cm³/mol. The van der Waals surface area contributed by atoms with E-state index < -0.39 is 31.3 Å². The Balaban J connectivity index is 0.00000112. The van der Waals surface area contributed by atoms with Crippen molar-refractivity contribution in [3.63, 3.8) is 0 Å². The molecule has 5 unspecified atom stereocenters. The van der Waals surface area contributed by atoms with E-state index in [1.54, 1.807) is 31.2 Å². The molecular weight excluding hydrogens is 1380 g/mol. The number of hydrogen-bond acceptors (Lipinski definition) is 10. The number of Topliss-reactive ketones (excluding diaryl/α,β-unsaturated/α-hetero) is 1. The van der Waals surface area contributed by atoms with E-state index in [1.165, 1.54) is 83.5 Å². The molecule has 4 aliphatic carbocycles. The van der Waals surface area contributed by atoms with Gasteiger partial charge in [-0.25, -0.2) is 0 Å². The fourth-order valence-corrected chi connectivity index (χ4v) is 11.9. The Kier molecular flexibility index (Phi) is 37.4. The van der Waals surface area contributed by atoms with Crippen molar-refractivity contribution in [3.05, 3.63) is 59.2 Å². The minimum absolute atomic E-state index is 0. The van der Waals surface area contributed by atoms with Gasteiger partial charge in [0.15, 0.2) is 0 Å². The van der Waals surface area contributed by atoms with Crippen LogP contribution in [0, 0.1) is 47.7 Å². The van der Waals surface area contributed by atoms with Crippen LogP contribution in [-0.4, -0.2) is 60.3 Å². The molecule has 13 nitrogen and oxygen atoms in total. The summed E-state index contributed by atoms with van der Waals surface area (Å²) in [5.74, 6) is 1.07. The molecule has 19 heteroatoms. The predicted octanol–water partition coefficient (Wildman–Crippen LogP) is 10.1. The first kappa shape index (κ1) is 71.6. The zero-order valence-electron chi connectivity index (χ0n) is 44.2. The van der Waals surface area contributed by atoms with E-state index in [4.69, 9.17) is 9.36 Å². The number of rotatable bonds is 18. The van der Waals surface area contributed by atoms with E-state index in [0.717, 1.165) is 50.3 Å². The van der Waals surface area contributed by atoms with Gasteiger partial charge >= 0.3 is 187 Å². The summed E-state index contributed by atoms with van der Waals surface area (Å²) < 4.78 is 16.2. The second-order valence-corrected chi connectivity index (χ2v) is 24.9. The third-order valence-corrected chi connectivity index (χ3v) is 17.1. The zero-order valence-corrected chi connectivity index (χ0v) is 56.4. The van der Waals surface area contributed by atoms with Gasteiger partial charge in [0.05, 0.1) is 6.61 Å². The van der Waals surface area contributed by atoms with Crippen LogP contribution in [0.2, 0.25) is 0 Å². The number of imide groups is 1. The first-order chi connectivity index (χ1) is 32.9. The summed E-state index contributed by atoms with van der Waals surface area (Å²) >= 11 is 0.0146. The van der Waals surface area contributed by atoms with E-state index in [-0.39, 0.29) is 128 Å². The number of benzene rings is 2. The number of hydrogen-bond donors (Lipinski definition) is 2. The Labute approximate surface area is 492 Å². The molecule has 5 aliphatic rings. The van der Waals surface area contributed by atoms with Gasteiger partial charge in [0, 0.05) is 97.7 Å². The molecule has 1 aliphatic heterocycles. The zero-order chi connectivity index (χ0) is 50.3. The van der Waals surface area contributed by atoms with Crippen LogP contribution in [0.15, 0.2) is 36.4 Å². The van der Waals surface area contributed by atoms with Crippen molar-refractivity contribution in [2.24, 2.45) is 35.5 Å². The minimum atomic E-state index is -3.62. The summed E-state index contributed by atoms with van der Waals surface area (Å²) in [6.45, 7) is 10.3. The van der Waals surface area contributed by atoms with Crippen molar-refractivity contribution < 1.29 is 140 Å². The van der Waals surface area contributed by atoms with Crippen molar-refractivity contribution in [1.82, 2.24) is 10.4 Å². The number of anilines is 1.